The highest BCUT2D eigenvalue weighted by molar-refractivity contribution is 5.83. The SMILES string of the molecule is COC1(OC)c2cccc(C)c2N=CC1(C)c1ccccc1. The van der Waals surface area contributed by atoms with Gasteiger partial charge in [0, 0.05) is 26.0 Å². The second kappa shape index (κ2) is 5.34. The van der Waals surface area contributed by atoms with Crippen molar-refractivity contribution >= 4 is 11.9 Å². The molecule has 0 saturated carbocycles. The summed E-state index contributed by atoms with van der Waals surface area (Å²) in [6, 6.07) is 16.3. The first kappa shape index (κ1) is 14.9. The smallest absolute Gasteiger partial charge is 0.211 e. The Morgan fingerprint density at radius 2 is 1.59 bits per heavy atom. The fourth-order valence-electron chi connectivity index (χ4n) is 3.43. The molecule has 0 aliphatic carbocycles. The number of benzene rings is 2. The van der Waals surface area contributed by atoms with Gasteiger partial charge in [-0.05, 0) is 25.0 Å². The third-order valence-electron chi connectivity index (χ3n) is 4.68. The zero-order valence-corrected chi connectivity index (χ0v) is 13.5. The van der Waals surface area contributed by atoms with Gasteiger partial charge in [0.15, 0.2) is 0 Å². The van der Waals surface area contributed by atoms with E-state index < -0.39 is 11.2 Å². The molecule has 3 nitrogen and oxygen atoms in total. The van der Waals surface area contributed by atoms with Crippen LogP contribution in [0.25, 0.3) is 0 Å². The Morgan fingerprint density at radius 3 is 2.23 bits per heavy atom. The number of fused-ring (bicyclic) bond motifs is 1. The van der Waals surface area contributed by atoms with Gasteiger partial charge < -0.3 is 9.47 Å². The molecule has 0 saturated heterocycles. The molecule has 3 heteroatoms. The Labute approximate surface area is 131 Å². The molecule has 1 aliphatic heterocycles. The quantitative estimate of drug-likeness (QED) is 0.798. The van der Waals surface area contributed by atoms with Crippen LogP contribution in [0, 0.1) is 6.92 Å². The van der Waals surface area contributed by atoms with Gasteiger partial charge in [0.05, 0.1) is 11.1 Å². The summed E-state index contributed by atoms with van der Waals surface area (Å²) in [5, 5.41) is 0. The van der Waals surface area contributed by atoms with Gasteiger partial charge >= 0.3 is 0 Å². The summed E-state index contributed by atoms with van der Waals surface area (Å²) in [4.78, 5) is 4.73. The van der Waals surface area contributed by atoms with Crippen molar-refractivity contribution in [2.45, 2.75) is 25.0 Å². The van der Waals surface area contributed by atoms with Crippen LogP contribution in [-0.4, -0.2) is 20.4 Å². The van der Waals surface area contributed by atoms with Crippen LogP contribution in [0.3, 0.4) is 0 Å². The van der Waals surface area contributed by atoms with Crippen molar-refractivity contribution in [3.63, 3.8) is 0 Å². The molecule has 1 unspecified atom stereocenters. The molecule has 114 valence electrons. The standard InChI is InChI=1S/C19H21NO2/c1-14-9-8-12-16-17(14)20-13-18(2,19(16,21-3)22-4)15-10-6-5-7-11-15/h5-13H,1-4H3. The van der Waals surface area contributed by atoms with Crippen LogP contribution in [-0.2, 0) is 20.7 Å². The van der Waals surface area contributed by atoms with Gasteiger partial charge in [-0.25, -0.2) is 0 Å². The second-order valence-electron chi connectivity index (χ2n) is 5.82. The number of para-hydroxylation sites is 1. The minimum atomic E-state index is -0.905. The Balaban J connectivity index is 2.31. The Kier molecular flexibility index (Phi) is 3.63. The van der Waals surface area contributed by atoms with E-state index in [-0.39, 0.29) is 0 Å². The molecule has 0 bridgehead atoms. The summed E-state index contributed by atoms with van der Waals surface area (Å²) in [5.41, 5.74) is 3.60. The van der Waals surface area contributed by atoms with Crippen LogP contribution in [0.1, 0.15) is 23.6 Å². The average Bonchev–Trinajstić information content (AvgIpc) is 2.56. The predicted octanol–water partition coefficient (Wildman–Crippen LogP) is 4.11. The summed E-state index contributed by atoms with van der Waals surface area (Å²) < 4.78 is 11.9. The molecule has 2 aromatic rings. The number of aliphatic imine (C=N–C) groups is 1. The monoisotopic (exact) mass is 295 g/mol. The lowest BCUT2D eigenvalue weighted by molar-refractivity contribution is -0.243. The first-order valence-corrected chi connectivity index (χ1v) is 7.40. The number of rotatable bonds is 3. The van der Waals surface area contributed by atoms with Gasteiger partial charge in [-0.3, -0.25) is 4.99 Å². The van der Waals surface area contributed by atoms with Crippen molar-refractivity contribution in [3.05, 3.63) is 65.2 Å². The van der Waals surface area contributed by atoms with Gasteiger partial charge in [0.2, 0.25) is 5.79 Å². The molecule has 1 heterocycles. The van der Waals surface area contributed by atoms with Gasteiger partial charge in [0.25, 0.3) is 0 Å². The van der Waals surface area contributed by atoms with E-state index in [0.29, 0.717) is 0 Å². The first-order valence-electron chi connectivity index (χ1n) is 7.40. The molecule has 3 rings (SSSR count). The molecule has 1 aliphatic rings. The number of hydrogen-bond donors (Lipinski definition) is 0. The Bertz CT molecular complexity index is 705. The third-order valence-corrected chi connectivity index (χ3v) is 4.68. The van der Waals surface area contributed by atoms with Gasteiger partial charge in [0.1, 0.15) is 0 Å². The third kappa shape index (κ3) is 1.86. The average molecular weight is 295 g/mol. The minimum Gasteiger partial charge on any atom is -0.348 e. The molecule has 1 atom stereocenters. The fourth-order valence-corrected chi connectivity index (χ4v) is 3.43. The maximum absolute atomic E-state index is 5.97. The highest BCUT2D eigenvalue weighted by Gasteiger charge is 2.54. The van der Waals surface area contributed by atoms with E-state index in [1.54, 1.807) is 14.2 Å². The van der Waals surface area contributed by atoms with Crippen LogP contribution in [0.5, 0.6) is 0 Å². The summed E-state index contributed by atoms with van der Waals surface area (Å²) in [6.07, 6.45) is 1.95. The van der Waals surface area contributed by atoms with E-state index >= 15 is 0 Å². The highest BCUT2D eigenvalue weighted by atomic mass is 16.7. The summed E-state index contributed by atoms with van der Waals surface area (Å²) >= 11 is 0. The zero-order chi connectivity index (χ0) is 15.8. The van der Waals surface area contributed by atoms with Crippen molar-refractivity contribution in [1.82, 2.24) is 0 Å². The topological polar surface area (TPSA) is 30.8 Å². The van der Waals surface area contributed by atoms with Crippen molar-refractivity contribution in [1.29, 1.82) is 0 Å². The Morgan fingerprint density at radius 1 is 0.909 bits per heavy atom. The van der Waals surface area contributed by atoms with Crippen LogP contribution < -0.4 is 0 Å². The maximum atomic E-state index is 5.97. The molecule has 0 amide bonds. The minimum absolute atomic E-state index is 0.515. The fraction of sp³-hybridized carbons (Fsp3) is 0.316. The normalized spacial score (nSPS) is 22.4. The van der Waals surface area contributed by atoms with E-state index in [9.17, 15) is 0 Å². The molecule has 0 fully saturated rings. The largest absolute Gasteiger partial charge is 0.348 e. The molecule has 0 aromatic heterocycles. The van der Waals surface area contributed by atoms with Crippen molar-refractivity contribution in [2.75, 3.05) is 14.2 Å². The Hall–Kier alpha value is -1.97. The summed E-state index contributed by atoms with van der Waals surface area (Å²) in [7, 11) is 3.38. The van der Waals surface area contributed by atoms with E-state index in [0.717, 1.165) is 22.4 Å². The van der Waals surface area contributed by atoms with Crippen molar-refractivity contribution in [3.8, 4) is 0 Å². The van der Waals surface area contributed by atoms with E-state index in [4.69, 9.17) is 14.5 Å². The first-order chi connectivity index (χ1) is 10.6. The maximum Gasteiger partial charge on any atom is 0.211 e. The number of ether oxygens (including phenoxy) is 2. The number of methoxy groups -OCH3 is 2. The molecule has 0 N–H and O–H groups in total. The highest BCUT2D eigenvalue weighted by Crippen LogP contribution is 2.51. The predicted molar refractivity (Wildman–Crippen MR) is 88.8 cm³/mol. The lowest BCUT2D eigenvalue weighted by Crippen LogP contribution is -2.52. The van der Waals surface area contributed by atoms with Crippen LogP contribution in [0.2, 0.25) is 0 Å². The van der Waals surface area contributed by atoms with Gasteiger partial charge in [-0.2, -0.15) is 0 Å². The summed E-state index contributed by atoms with van der Waals surface area (Å²) in [5.74, 6) is -0.905. The van der Waals surface area contributed by atoms with Crippen LogP contribution >= 0.6 is 0 Å². The lowest BCUT2D eigenvalue weighted by Gasteiger charge is -2.47. The van der Waals surface area contributed by atoms with Crippen LogP contribution in [0.15, 0.2) is 53.5 Å². The number of aryl methyl sites for hydroxylation is 1. The van der Waals surface area contributed by atoms with E-state index in [1.807, 2.05) is 36.5 Å². The van der Waals surface area contributed by atoms with Gasteiger partial charge in [-0.1, -0.05) is 48.5 Å². The molecule has 0 radical (unpaired) electrons. The molecular formula is C19H21NO2. The molecule has 0 spiro atoms. The zero-order valence-electron chi connectivity index (χ0n) is 13.5. The summed E-state index contributed by atoms with van der Waals surface area (Å²) in [6.45, 7) is 4.15. The lowest BCUT2D eigenvalue weighted by atomic mass is 9.70. The number of nitrogens with zero attached hydrogens (tertiary/aromatic N) is 1. The molecule has 22 heavy (non-hydrogen) atoms. The molecule has 2 aromatic carbocycles. The van der Waals surface area contributed by atoms with E-state index in [1.165, 1.54) is 0 Å². The van der Waals surface area contributed by atoms with Crippen LogP contribution in [0.4, 0.5) is 5.69 Å². The number of hydrogen-bond acceptors (Lipinski definition) is 3. The van der Waals surface area contributed by atoms with E-state index in [2.05, 4.69) is 32.0 Å². The van der Waals surface area contributed by atoms with Crippen molar-refractivity contribution < 1.29 is 9.47 Å². The van der Waals surface area contributed by atoms with Crippen molar-refractivity contribution in [2.24, 2.45) is 4.99 Å². The second-order valence-corrected chi connectivity index (χ2v) is 5.82. The van der Waals surface area contributed by atoms with Gasteiger partial charge in [-0.15, -0.1) is 0 Å². The molecular weight excluding hydrogens is 274 g/mol.